The van der Waals surface area contributed by atoms with Crippen LogP contribution in [0.25, 0.3) is 0 Å². The molecule has 0 bridgehead atoms. The summed E-state index contributed by atoms with van der Waals surface area (Å²) in [6, 6.07) is 7.51. The van der Waals surface area contributed by atoms with Crippen LogP contribution in [0.15, 0.2) is 33.9 Å². The van der Waals surface area contributed by atoms with Crippen molar-refractivity contribution in [2.45, 2.75) is 37.3 Å². The van der Waals surface area contributed by atoms with Gasteiger partial charge in [0.25, 0.3) is 5.22 Å². The van der Waals surface area contributed by atoms with Crippen LogP contribution in [0.5, 0.6) is 0 Å². The number of amides is 3. The molecule has 2 atom stereocenters. The van der Waals surface area contributed by atoms with Gasteiger partial charge >= 0.3 is 6.03 Å². The number of rotatable bonds is 5. The van der Waals surface area contributed by atoms with Crippen LogP contribution >= 0.6 is 11.8 Å². The van der Waals surface area contributed by atoms with E-state index in [1.807, 2.05) is 6.92 Å². The molecule has 3 rings (SSSR count). The second-order valence-electron chi connectivity index (χ2n) is 5.80. The molecule has 1 aliphatic rings. The van der Waals surface area contributed by atoms with Crippen molar-refractivity contribution in [1.29, 1.82) is 0 Å². The summed E-state index contributed by atoms with van der Waals surface area (Å²) in [5.74, 6) is 0.388. The van der Waals surface area contributed by atoms with Gasteiger partial charge in [-0.3, -0.25) is 10.1 Å². The van der Waals surface area contributed by atoms with Crippen LogP contribution in [-0.2, 0) is 17.0 Å². The Morgan fingerprint density at radius 3 is 2.67 bits per heavy atom. The van der Waals surface area contributed by atoms with E-state index in [1.54, 1.807) is 6.92 Å². The van der Waals surface area contributed by atoms with Gasteiger partial charge in [-0.25, -0.2) is 4.79 Å². The lowest BCUT2D eigenvalue weighted by Gasteiger charge is -2.27. The van der Waals surface area contributed by atoms with Crippen LogP contribution in [0.3, 0.4) is 0 Å². The third-order valence-electron chi connectivity index (χ3n) is 3.86. The molecular weight excluding hydrogens is 328 g/mol. The number of nitrogens with one attached hydrogen (secondary N) is 2. The van der Waals surface area contributed by atoms with Gasteiger partial charge < -0.3 is 9.73 Å². The van der Waals surface area contributed by atoms with Crippen molar-refractivity contribution in [3.63, 3.8) is 0 Å². The standard InChI is InChI=1S/C16H18N4O3S/c1-9-3-5-11(6-4-9)8-24-16-20-19-13(23-16)7-12-10(2)17-15(22)18-14(12)21/h3-6,10,12H,7-8H2,1-2H3,(H2,17,18,21,22). The fourth-order valence-corrected chi connectivity index (χ4v) is 3.18. The summed E-state index contributed by atoms with van der Waals surface area (Å²) < 4.78 is 5.60. The molecule has 0 saturated carbocycles. The third kappa shape index (κ3) is 3.94. The van der Waals surface area contributed by atoms with E-state index in [4.69, 9.17) is 4.42 Å². The smallest absolute Gasteiger partial charge is 0.321 e. The van der Waals surface area contributed by atoms with E-state index < -0.39 is 11.9 Å². The summed E-state index contributed by atoms with van der Waals surface area (Å²) in [5, 5.41) is 13.4. The van der Waals surface area contributed by atoms with E-state index in [2.05, 4.69) is 45.1 Å². The minimum atomic E-state index is -0.469. The van der Waals surface area contributed by atoms with E-state index in [-0.39, 0.29) is 11.9 Å². The number of carbonyl (C=O) groups is 2. The number of aryl methyl sites for hydroxylation is 1. The van der Waals surface area contributed by atoms with Gasteiger partial charge in [0.1, 0.15) is 0 Å². The number of imide groups is 1. The van der Waals surface area contributed by atoms with Crippen LogP contribution in [-0.4, -0.2) is 28.2 Å². The molecule has 2 N–H and O–H groups in total. The molecule has 1 aromatic carbocycles. The van der Waals surface area contributed by atoms with Gasteiger partial charge in [-0.2, -0.15) is 0 Å². The minimum Gasteiger partial charge on any atom is -0.416 e. The lowest BCUT2D eigenvalue weighted by atomic mass is 9.95. The summed E-state index contributed by atoms with van der Waals surface area (Å²) >= 11 is 1.45. The summed E-state index contributed by atoms with van der Waals surface area (Å²) in [4.78, 5) is 23.1. The highest BCUT2D eigenvalue weighted by atomic mass is 32.2. The monoisotopic (exact) mass is 346 g/mol. The molecule has 24 heavy (non-hydrogen) atoms. The average Bonchev–Trinajstić information content (AvgIpc) is 2.98. The predicted octanol–water partition coefficient (Wildman–Crippen LogP) is 2.06. The Bertz CT molecular complexity index is 744. The predicted molar refractivity (Wildman–Crippen MR) is 88.4 cm³/mol. The number of aromatic nitrogens is 2. The van der Waals surface area contributed by atoms with E-state index in [1.165, 1.54) is 22.9 Å². The van der Waals surface area contributed by atoms with Crippen LogP contribution in [0, 0.1) is 12.8 Å². The van der Waals surface area contributed by atoms with Crippen molar-refractivity contribution in [3.05, 3.63) is 41.3 Å². The summed E-state index contributed by atoms with van der Waals surface area (Å²) in [5.41, 5.74) is 2.39. The van der Waals surface area contributed by atoms with Crippen LogP contribution in [0.4, 0.5) is 4.79 Å². The first-order valence-electron chi connectivity index (χ1n) is 7.63. The molecular formula is C16H18N4O3S. The number of hydrogen-bond donors (Lipinski definition) is 2. The second kappa shape index (κ2) is 7.04. The topological polar surface area (TPSA) is 97.1 Å². The quantitative estimate of drug-likeness (QED) is 0.804. The first-order valence-corrected chi connectivity index (χ1v) is 8.62. The molecule has 2 aromatic rings. The van der Waals surface area contributed by atoms with Crippen molar-refractivity contribution in [1.82, 2.24) is 20.8 Å². The molecule has 3 amide bonds. The highest BCUT2D eigenvalue weighted by Crippen LogP contribution is 2.23. The van der Waals surface area contributed by atoms with E-state index in [0.29, 0.717) is 17.5 Å². The SMILES string of the molecule is Cc1ccc(CSc2nnc(CC3C(=O)NC(=O)NC3C)o2)cc1. The zero-order chi connectivity index (χ0) is 17.1. The lowest BCUT2D eigenvalue weighted by molar-refractivity contribution is -0.125. The van der Waals surface area contributed by atoms with Gasteiger partial charge in [-0.1, -0.05) is 41.6 Å². The maximum absolute atomic E-state index is 11.9. The van der Waals surface area contributed by atoms with Gasteiger partial charge in [0.05, 0.1) is 5.92 Å². The van der Waals surface area contributed by atoms with Crippen LogP contribution in [0.2, 0.25) is 0 Å². The molecule has 2 unspecified atom stereocenters. The van der Waals surface area contributed by atoms with Gasteiger partial charge in [0.15, 0.2) is 0 Å². The second-order valence-corrected chi connectivity index (χ2v) is 6.72. The molecule has 1 fully saturated rings. The molecule has 2 heterocycles. The fourth-order valence-electron chi connectivity index (χ4n) is 2.44. The number of hydrogen-bond acceptors (Lipinski definition) is 6. The van der Waals surface area contributed by atoms with Gasteiger partial charge in [-0.05, 0) is 19.4 Å². The lowest BCUT2D eigenvalue weighted by Crippen LogP contribution is -2.57. The molecule has 7 nitrogen and oxygen atoms in total. The molecule has 8 heteroatoms. The van der Waals surface area contributed by atoms with Crippen molar-refractivity contribution >= 4 is 23.7 Å². The van der Waals surface area contributed by atoms with Gasteiger partial charge in [-0.15, -0.1) is 10.2 Å². The van der Waals surface area contributed by atoms with Gasteiger partial charge in [0, 0.05) is 18.2 Å². The Morgan fingerprint density at radius 2 is 1.96 bits per heavy atom. The van der Waals surface area contributed by atoms with Crippen molar-refractivity contribution in [2.24, 2.45) is 5.92 Å². The molecule has 1 saturated heterocycles. The largest absolute Gasteiger partial charge is 0.416 e. The highest BCUT2D eigenvalue weighted by molar-refractivity contribution is 7.98. The molecule has 0 aliphatic carbocycles. The zero-order valence-corrected chi connectivity index (χ0v) is 14.2. The van der Waals surface area contributed by atoms with Gasteiger partial charge in [0.2, 0.25) is 11.8 Å². The molecule has 0 spiro atoms. The highest BCUT2D eigenvalue weighted by Gasteiger charge is 2.33. The normalized spacial score (nSPS) is 20.6. The Morgan fingerprint density at radius 1 is 1.21 bits per heavy atom. The molecule has 126 valence electrons. The third-order valence-corrected chi connectivity index (χ3v) is 4.75. The van der Waals surface area contributed by atoms with Crippen LogP contribution in [0.1, 0.15) is 23.9 Å². The number of urea groups is 1. The number of carbonyl (C=O) groups excluding carboxylic acids is 2. The Labute approximate surface area is 143 Å². The Kier molecular flexibility index (Phi) is 4.84. The summed E-state index contributed by atoms with van der Waals surface area (Å²) in [7, 11) is 0. The first kappa shape index (κ1) is 16.5. The first-order chi connectivity index (χ1) is 11.5. The van der Waals surface area contributed by atoms with E-state index >= 15 is 0 Å². The Balaban J connectivity index is 1.58. The van der Waals surface area contributed by atoms with Crippen molar-refractivity contribution < 1.29 is 14.0 Å². The average molecular weight is 346 g/mol. The van der Waals surface area contributed by atoms with Crippen molar-refractivity contribution in [2.75, 3.05) is 0 Å². The number of benzene rings is 1. The zero-order valence-electron chi connectivity index (χ0n) is 13.4. The molecule has 0 radical (unpaired) electrons. The van der Waals surface area contributed by atoms with E-state index in [9.17, 15) is 9.59 Å². The van der Waals surface area contributed by atoms with Crippen molar-refractivity contribution in [3.8, 4) is 0 Å². The molecule has 1 aliphatic heterocycles. The maximum Gasteiger partial charge on any atom is 0.321 e. The molecule has 1 aromatic heterocycles. The fraction of sp³-hybridized carbons (Fsp3) is 0.375. The van der Waals surface area contributed by atoms with E-state index in [0.717, 1.165) is 5.75 Å². The Hall–Kier alpha value is -2.35. The maximum atomic E-state index is 11.9. The number of thioether (sulfide) groups is 1. The minimum absolute atomic E-state index is 0.276. The number of nitrogens with zero attached hydrogens (tertiary/aromatic N) is 2. The summed E-state index contributed by atoms with van der Waals surface area (Å²) in [6.07, 6.45) is 0.297. The van der Waals surface area contributed by atoms with Crippen LogP contribution < -0.4 is 10.6 Å². The summed E-state index contributed by atoms with van der Waals surface area (Å²) in [6.45, 7) is 3.83.